The Balaban J connectivity index is 1.81. The smallest absolute Gasteiger partial charge is 0.122 e. The third kappa shape index (κ3) is 3.63. The van der Waals surface area contributed by atoms with Crippen LogP contribution in [-0.2, 0) is 0 Å². The summed E-state index contributed by atoms with van der Waals surface area (Å²) in [5, 5.41) is 3.83. The van der Waals surface area contributed by atoms with E-state index in [2.05, 4.69) is 30.4 Å². The fourth-order valence-corrected chi connectivity index (χ4v) is 2.48. The highest BCUT2D eigenvalue weighted by atomic mass is 35.5. The SMILES string of the molecule is CCC(Cl)CCNCC1CCOc2ccccc21. The van der Waals surface area contributed by atoms with Crippen molar-refractivity contribution in [1.82, 2.24) is 5.32 Å². The van der Waals surface area contributed by atoms with Crippen LogP contribution in [-0.4, -0.2) is 25.1 Å². The van der Waals surface area contributed by atoms with E-state index in [4.69, 9.17) is 16.3 Å². The van der Waals surface area contributed by atoms with Crippen LogP contribution in [0.4, 0.5) is 0 Å². The summed E-state index contributed by atoms with van der Waals surface area (Å²) in [6, 6.07) is 8.37. The largest absolute Gasteiger partial charge is 0.493 e. The van der Waals surface area contributed by atoms with Crippen LogP contribution in [0.15, 0.2) is 24.3 Å². The van der Waals surface area contributed by atoms with E-state index in [0.717, 1.165) is 44.7 Å². The molecule has 1 aromatic carbocycles. The van der Waals surface area contributed by atoms with Gasteiger partial charge in [0.1, 0.15) is 5.75 Å². The quantitative estimate of drug-likeness (QED) is 0.629. The minimum atomic E-state index is 0.305. The lowest BCUT2D eigenvalue weighted by Gasteiger charge is -2.26. The molecule has 2 atom stereocenters. The van der Waals surface area contributed by atoms with Gasteiger partial charge in [0, 0.05) is 17.8 Å². The third-order valence-electron chi connectivity index (χ3n) is 3.55. The summed E-state index contributed by atoms with van der Waals surface area (Å²) in [7, 11) is 0. The average Bonchev–Trinajstić information content (AvgIpc) is 2.43. The molecule has 1 aliphatic heterocycles. The number of hydrogen-bond donors (Lipinski definition) is 1. The zero-order valence-corrected chi connectivity index (χ0v) is 11.7. The molecule has 0 saturated heterocycles. The van der Waals surface area contributed by atoms with Crippen LogP contribution in [0.3, 0.4) is 0 Å². The van der Waals surface area contributed by atoms with Crippen LogP contribution >= 0.6 is 11.6 Å². The van der Waals surface area contributed by atoms with Crippen molar-refractivity contribution < 1.29 is 4.74 Å². The highest BCUT2D eigenvalue weighted by Crippen LogP contribution is 2.32. The zero-order valence-electron chi connectivity index (χ0n) is 11.0. The van der Waals surface area contributed by atoms with E-state index in [0.29, 0.717) is 11.3 Å². The number of fused-ring (bicyclic) bond motifs is 1. The number of benzene rings is 1. The van der Waals surface area contributed by atoms with Crippen LogP contribution in [0.2, 0.25) is 0 Å². The second-order valence-electron chi connectivity index (χ2n) is 4.87. The Morgan fingerprint density at radius 1 is 1.44 bits per heavy atom. The maximum atomic E-state index is 6.11. The van der Waals surface area contributed by atoms with Gasteiger partial charge in [0.25, 0.3) is 0 Å². The Hall–Kier alpha value is -0.730. The fraction of sp³-hybridized carbons (Fsp3) is 0.600. The Bertz CT molecular complexity index is 369. The summed E-state index contributed by atoms with van der Waals surface area (Å²) < 4.78 is 5.67. The van der Waals surface area contributed by atoms with Crippen LogP contribution in [0, 0.1) is 0 Å². The summed E-state index contributed by atoms with van der Waals surface area (Å²) in [6.07, 6.45) is 3.19. The summed E-state index contributed by atoms with van der Waals surface area (Å²) in [5.41, 5.74) is 1.34. The van der Waals surface area contributed by atoms with E-state index >= 15 is 0 Å². The number of alkyl halides is 1. The first-order valence-corrected chi connectivity index (χ1v) is 7.31. The van der Waals surface area contributed by atoms with Crippen molar-refractivity contribution in [3.05, 3.63) is 29.8 Å². The maximum absolute atomic E-state index is 6.11. The lowest BCUT2D eigenvalue weighted by atomic mass is 9.93. The van der Waals surface area contributed by atoms with E-state index in [-0.39, 0.29) is 0 Å². The minimum absolute atomic E-state index is 0.305. The van der Waals surface area contributed by atoms with Crippen molar-refractivity contribution in [3.8, 4) is 5.75 Å². The average molecular weight is 268 g/mol. The first-order chi connectivity index (χ1) is 8.81. The van der Waals surface area contributed by atoms with Crippen molar-refractivity contribution in [3.63, 3.8) is 0 Å². The third-order valence-corrected chi connectivity index (χ3v) is 4.08. The van der Waals surface area contributed by atoms with Crippen molar-refractivity contribution in [2.75, 3.05) is 19.7 Å². The highest BCUT2D eigenvalue weighted by Gasteiger charge is 2.20. The van der Waals surface area contributed by atoms with E-state index in [1.807, 2.05) is 6.07 Å². The number of rotatable bonds is 6. The molecule has 1 N–H and O–H groups in total. The molecule has 0 aliphatic carbocycles. The van der Waals surface area contributed by atoms with Gasteiger partial charge in [0.2, 0.25) is 0 Å². The fourth-order valence-electron chi connectivity index (χ4n) is 2.37. The second-order valence-corrected chi connectivity index (χ2v) is 5.49. The van der Waals surface area contributed by atoms with Gasteiger partial charge in [-0.2, -0.15) is 0 Å². The molecule has 2 rings (SSSR count). The predicted molar refractivity (Wildman–Crippen MR) is 76.7 cm³/mol. The summed E-state index contributed by atoms with van der Waals surface area (Å²) >= 11 is 6.11. The highest BCUT2D eigenvalue weighted by molar-refractivity contribution is 6.20. The van der Waals surface area contributed by atoms with E-state index in [1.54, 1.807) is 0 Å². The molecule has 2 unspecified atom stereocenters. The van der Waals surface area contributed by atoms with Crippen LogP contribution in [0.1, 0.15) is 37.7 Å². The zero-order chi connectivity index (χ0) is 12.8. The molecule has 0 saturated carbocycles. The lowest BCUT2D eigenvalue weighted by Crippen LogP contribution is -2.27. The van der Waals surface area contributed by atoms with E-state index in [9.17, 15) is 0 Å². The molecule has 1 aromatic rings. The molecule has 0 aromatic heterocycles. The molecule has 0 amide bonds. The van der Waals surface area contributed by atoms with E-state index in [1.165, 1.54) is 5.56 Å². The second kappa shape index (κ2) is 7.01. The molecule has 0 bridgehead atoms. The van der Waals surface area contributed by atoms with Crippen molar-refractivity contribution in [1.29, 1.82) is 0 Å². The van der Waals surface area contributed by atoms with Gasteiger partial charge < -0.3 is 10.1 Å². The van der Waals surface area contributed by atoms with Gasteiger partial charge >= 0.3 is 0 Å². The van der Waals surface area contributed by atoms with Gasteiger partial charge in [-0.05, 0) is 37.4 Å². The molecule has 0 fully saturated rings. The molecule has 18 heavy (non-hydrogen) atoms. The Morgan fingerprint density at radius 2 is 2.28 bits per heavy atom. The predicted octanol–water partition coefficient (Wildman–Crippen LogP) is 3.55. The standard InChI is InChI=1S/C15H22ClNO/c1-2-13(16)7-9-17-11-12-8-10-18-15-6-4-3-5-14(12)15/h3-6,12-13,17H,2,7-11H2,1H3. The number of para-hydroxylation sites is 1. The van der Waals surface area contributed by atoms with Crippen LogP contribution in [0.5, 0.6) is 5.75 Å². The number of halogens is 1. The topological polar surface area (TPSA) is 21.3 Å². The molecule has 3 heteroatoms. The van der Waals surface area contributed by atoms with Gasteiger partial charge in [-0.3, -0.25) is 0 Å². The molecule has 100 valence electrons. The van der Waals surface area contributed by atoms with E-state index < -0.39 is 0 Å². The van der Waals surface area contributed by atoms with Gasteiger partial charge in [-0.25, -0.2) is 0 Å². The van der Waals surface area contributed by atoms with Gasteiger partial charge in [-0.1, -0.05) is 25.1 Å². The maximum Gasteiger partial charge on any atom is 0.122 e. The van der Waals surface area contributed by atoms with Crippen molar-refractivity contribution in [2.24, 2.45) is 0 Å². The first kappa shape index (κ1) is 13.7. The van der Waals surface area contributed by atoms with Crippen molar-refractivity contribution in [2.45, 2.75) is 37.5 Å². The molecular formula is C15H22ClNO. The van der Waals surface area contributed by atoms with Gasteiger partial charge in [0.05, 0.1) is 6.61 Å². The van der Waals surface area contributed by atoms with Crippen LogP contribution < -0.4 is 10.1 Å². The number of ether oxygens (including phenoxy) is 1. The number of nitrogens with one attached hydrogen (secondary N) is 1. The monoisotopic (exact) mass is 267 g/mol. The van der Waals surface area contributed by atoms with Gasteiger partial charge in [0.15, 0.2) is 0 Å². The molecule has 0 radical (unpaired) electrons. The molecule has 1 heterocycles. The first-order valence-electron chi connectivity index (χ1n) is 6.87. The number of hydrogen-bond acceptors (Lipinski definition) is 2. The molecular weight excluding hydrogens is 246 g/mol. The summed E-state index contributed by atoms with van der Waals surface area (Å²) in [5.74, 6) is 1.63. The molecule has 2 nitrogen and oxygen atoms in total. The van der Waals surface area contributed by atoms with Gasteiger partial charge in [-0.15, -0.1) is 11.6 Å². The lowest BCUT2D eigenvalue weighted by molar-refractivity contribution is 0.264. The Morgan fingerprint density at radius 3 is 3.11 bits per heavy atom. The minimum Gasteiger partial charge on any atom is -0.493 e. The summed E-state index contributed by atoms with van der Waals surface area (Å²) in [6.45, 7) is 4.98. The van der Waals surface area contributed by atoms with Crippen molar-refractivity contribution >= 4 is 11.6 Å². The normalized spacial score (nSPS) is 20.0. The Kier molecular flexibility index (Phi) is 5.33. The Labute approximate surface area is 115 Å². The summed E-state index contributed by atoms with van der Waals surface area (Å²) in [4.78, 5) is 0. The molecule has 1 aliphatic rings. The van der Waals surface area contributed by atoms with Crippen LogP contribution in [0.25, 0.3) is 0 Å². The molecule has 0 spiro atoms.